The average molecular weight is 452 g/mol. The molecular weight excluding hydrogens is 431 g/mol. The molecule has 2 saturated carbocycles. The van der Waals surface area contributed by atoms with Gasteiger partial charge in [0.15, 0.2) is 0 Å². The zero-order valence-corrected chi connectivity index (χ0v) is 16.2. The molecule has 4 aliphatic rings. The summed E-state index contributed by atoms with van der Waals surface area (Å²) in [5.41, 5.74) is 2.50. The largest absolute Gasteiger partial charge is 0.493 e. The maximum atomic E-state index is 11.6. The molecule has 1 aromatic carbocycles. The lowest BCUT2D eigenvalue weighted by Gasteiger charge is -2.41. The van der Waals surface area contributed by atoms with Crippen molar-refractivity contribution in [1.82, 2.24) is 0 Å². The number of hydrogen-bond acceptors (Lipinski definition) is 4. The van der Waals surface area contributed by atoms with Crippen molar-refractivity contribution in [2.24, 2.45) is 23.7 Å². The van der Waals surface area contributed by atoms with Crippen molar-refractivity contribution in [2.45, 2.75) is 35.6 Å². The number of carbonyl (C=O) groups excluding carboxylic acids is 1. The molecule has 0 radical (unpaired) electrons. The van der Waals surface area contributed by atoms with Crippen molar-refractivity contribution in [2.75, 3.05) is 6.61 Å². The molecule has 0 spiro atoms. The fourth-order valence-electron chi connectivity index (χ4n) is 5.71. The molecule has 0 amide bonds. The Hall–Kier alpha value is -1.08. The normalized spacial score (nSPS) is 42.6. The second-order valence-corrected chi connectivity index (χ2v) is 8.86. The second kappa shape index (κ2) is 5.98. The topological polar surface area (TPSA) is 44.8 Å². The van der Waals surface area contributed by atoms with Crippen LogP contribution in [0.2, 0.25) is 0 Å². The van der Waals surface area contributed by atoms with E-state index in [-0.39, 0.29) is 18.2 Å². The zero-order chi connectivity index (χ0) is 17.1. The fourth-order valence-corrected chi connectivity index (χ4v) is 7.19. The Morgan fingerprint density at radius 3 is 2.88 bits per heavy atom. The van der Waals surface area contributed by atoms with Crippen molar-refractivity contribution >= 4 is 28.6 Å². The van der Waals surface area contributed by atoms with Crippen molar-refractivity contribution in [3.63, 3.8) is 0 Å². The van der Waals surface area contributed by atoms with E-state index in [1.54, 1.807) is 6.92 Å². The van der Waals surface area contributed by atoms with E-state index >= 15 is 0 Å². The molecule has 25 heavy (non-hydrogen) atoms. The molecule has 4 nitrogen and oxygen atoms in total. The molecular formula is C20H21IO4. The highest BCUT2D eigenvalue weighted by Gasteiger charge is 2.68. The predicted molar refractivity (Wildman–Crippen MR) is 100 cm³/mol. The monoisotopic (exact) mass is 452 g/mol. The maximum Gasteiger partial charge on any atom is 0.333 e. The average Bonchev–Trinajstić information content (AvgIpc) is 3.24. The third kappa shape index (κ3) is 2.24. The van der Waals surface area contributed by atoms with E-state index in [0.717, 1.165) is 0 Å². The van der Waals surface area contributed by atoms with Gasteiger partial charge >= 0.3 is 5.97 Å². The first kappa shape index (κ1) is 16.1. The summed E-state index contributed by atoms with van der Waals surface area (Å²) in [6, 6.07) is 8.49. The van der Waals surface area contributed by atoms with Gasteiger partial charge < -0.3 is 14.2 Å². The van der Waals surface area contributed by atoms with Gasteiger partial charge in [0.25, 0.3) is 0 Å². The number of rotatable bonds is 4. The van der Waals surface area contributed by atoms with Crippen LogP contribution in [0.3, 0.4) is 0 Å². The SMILES string of the molecule is CCOC(=O)/C=C/O[C@@H]1c2ccccc2[C@@H]2O[C@@H]3[C@@H](I)[C@H]4C[C@@H]3[C@@H]2[C@H]41. The highest BCUT2D eigenvalue weighted by molar-refractivity contribution is 14.1. The highest BCUT2D eigenvalue weighted by atomic mass is 127. The minimum absolute atomic E-state index is 0.00181. The molecule has 1 saturated heterocycles. The molecule has 3 aliphatic carbocycles. The number of alkyl halides is 1. The van der Waals surface area contributed by atoms with Gasteiger partial charge in [-0.15, -0.1) is 0 Å². The first-order valence-corrected chi connectivity index (χ1v) is 10.3. The van der Waals surface area contributed by atoms with Gasteiger partial charge in [-0.3, -0.25) is 0 Å². The summed E-state index contributed by atoms with van der Waals surface area (Å²) in [5, 5.41) is 0. The third-order valence-electron chi connectivity index (χ3n) is 6.45. The lowest BCUT2D eigenvalue weighted by molar-refractivity contribution is -0.137. The Balaban J connectivity index is 1.49. The summed E-state index contributed by atoms with van der Waals surface area (Å²) in [4.78, 5) is 11.6. The fraction of sp³-hybridized carbons (Fsp3) is 0.550. The van der Waals surface area contributed by atoms with E-state index in [2.05, 4.69) is 46.9 Å². The minimum Gasteiger partial charge on any atom is -0.493 e. The van der Waals surface area contributed by atoms with Gasteiger partial charge in [0.05, 0.1) is 31.2 Å². The van der Waals surface area contributed by atoms with Gasteiger partial charge in [-0.2, -0.15) is 0 Å². The van der Waals surface area contributed by atoms with Crippen LogP contribution in [0, 0.1) is 23.7 Å². The van der Waals surface area contributed by atoms with Crippen LogP contribution in [0.15, 0.2) is 36.6 Å². The minimum atomic E-state index is -0.353. The highest BCUT2D eigenvalue weighted by Crippen LogP contribution is 2.70. The van der Waals surface area contributed by atoms with E-state index in [0.29, 0.717) is 40.3 Å². The van der Waals surface area contributed by atoms with Crippen LogP contribution in [0.25, 0.3) is 0 Å². The van der Waals surface area contributed by atoms with Crippen molar-refractivity contribution in [3.8, 4) is 0 Å². The second-order valence-electron chi connectivity index (χ2n) is 7.42. The van der Waals surface area contributed by atoms with E-state index in [4.69, 9.17) is 14.2 Å². The summed E-state index contributed by atoms with van der Waals surface area (Å²) >= 11 is 2.59. The van der Waals surface area contributed by atoms with Gasteiger partial charge in [0.2, 0.25) is 0 Å². The molecule has 1 aromatic rings. The molecule has 0 N–H and O–H groups in total. The molecule has 132 valence electrons. The number of ether oxygens (including phenoxy) is 3. The lowest BCUT2D eigenvalue weighted by Crippen LogP contribution is -2.39. The van der Waals surface area contributed by atoms with Crippen LogP contribution >= 0.6 is 22.6 Å². The zero-order valence-electron chi connectivity index (χ0n) is 14.0. The van der Waals surface area contributed by atoms with Crippen LogP contribution in [0.4, 0.5) is 0 Å². The molecule has 0 aromatic heterocycles. The van der Waals surface area contributed by atoms with Gasteiger partial charge in [0, 0.05) is 15.8 Å². The summed E-state index contributed by atoms with van der Waals surface area (Å²) in [5.74, 6) is 1.97. The quantitative estimate of drug-likeness (QED) is 0.228. The number of fused-ring (bicyclic) bond motifs is 4. The molecule has 1 heterocycles. The van der Waals surface area contributed by atoms with Crippen LogP contribution in [0.1, 0.15) is 36.7 Å². The Labute approximate surface area is 161 Å². The Bertz CT molecular complexity index is 732. The van der Waals surface area contributed by atoms with Crippen LogP contribution in [-0.4, -0.2) is 22.6 Å². The Morgan fingerprint density at radius 1 is 1.28 bits per heavy atom. The Morgan fingerprint density at radius 2 is 2.08 bits per heavy atom. The van der Waals surface area contributed by atoms with Crippen molar-refractivity contribution in [1.29, 1.82) is 0 Å². The summed E-state index contributed by atoms with van der Waals surface area (Å²) in [6.45, 7) is 2.18. The molecule has 8 atom stereocenters. The summed E-state index contributed by atoms with van der Waals surface area (Å²) in [7, 11) is 0. The van der Waals surface area contributed by atoms with Crippen LogP contribution < -0.4 is 0 Å². The molecule has 2 bridgehead atoms. The summed E-state index contributed by atoms with van der Waals surface area (Å²) < 4.78 is 18.2. The Kier molecular flexibility index (Phi) is 3.85. The third-order valence-corrected chi connectivity index (χ3v) is 8.08. The first-order valence-electron chi connectivity index (χ1n) is 9.07. The van der Waals surface area contributed by atoms with Gasteiger partial charge in [-0.05, 0) is 36.3 Å². The molecule has 5 rings (SSSR count). The van der Waals surface area contributed by atoms with E-state index in [9.17, 15) is 4.79 Å². The number of halogens is 1. The van der Waals surface area contributed by atoms with Crippen LogP contribution in [-0.2, 0) is 19.0 Å². The van der Waals surface area contributed by atoms with E-state index in [1.165, 1.54) is 29.9 Å². The summed E-state index contributed by atoms with van der Waals surface area (Å²) in [6.07, 6.45) is 4.79. The van der Waals surface area contributed by atoms with Crippen LogP contribution in [0.5, 0.6) is 0 Å². The van der Waals surface area contributed by atoms with Crippen molar-refractivity contribution < 1.29 is 19.0 Å². The lowest BCUT2D eigenvalue weighted by atomic mass is 9.67. The standard InChI is InChI=1S/C20H21IO4/c1-2-23-14(22)7-8-24-18-10-5-3-4-6-11(10)19-16-13-9-12(15(16)18)17(21)20(13)25-19/h3-8,12-13,15-20H,2,9H2,1H3/b8-7+/t12-,13+,15-,16+,17-,18+,19-,20-/m0/s1. The maximum absolute atomic E-state index is 11.6. The van der Waals surface area contributed by atoms with E-state index < -0.39 is 0 Å². The van der Waals surface area contributed by atoms with E-state index in [1.807, 2.05) is 0 Å². The molecule has 5 heteroatoms. The number of hydrogen-bond donors (Lipinski definition) is 0. The smallest absolute Gasteiger partial charge is 0.333 e. The van der Waals surface area contributed by atoms with Crippen molar-refractivity contribution in [3.05, 3.63) is 47.7 Å². The number of carbonyl (C=O) groups is 1. The number of benzene rings is 1. The molecule has 3 fully saturated rings. The molecule has 0 unspecified atom stereocenters. The van der Waals surface area contributed by atoms with Gasteiger partial charge in [-0.1, -0.05) is 46.9 Å². The predicted octanol–water partition coefficient (Wildman–Crippen LogP) is 3.96. The first-order chi connectivity index (χ1) is 12.2. The van der Waals surface area contributed by atoms with Gasteiger partial charge in [0.1, 0.15) is 6.10 Å². The number of esters is 1. The molecule has 1 aliphatic heterocycles. The van der Waals surface area contributed by atoms with Gasteiger partial charge in [-0.25, -0.2) is 4.79 Å².